The molecule has 168 valence electrons. The zero-order valence-electron chi connectivity index (χ0n) is 18.9. The maximum Gasteiger partial charge on any atom is 0.233 e. The van der Waals surface area contributed by atoms with Gasteiger partial charge in [0.25, 0.3) is 0 Å². The third kappa shape index (κ3) is 4.99. The number of benzene rings is 2. The van der Waals surface area contributed by atoms with E-state index >= 15 is 0 Å². The number of nitrogens with zero attached hydrogens (tertiary/aromatic N) is 5. The fraction of sp³-hybridized carbons (Fsp3) is 0.400. The third-order valence-electron chi connectivity index (χ3n) is 5.94. The van der Waals surface area contributed by atoms with Gasteiger partial charge in [0.1, 0.15) is 0 Å². The van der Waals surface area contributed by atoms with E-state index in [0.29, 0.717) is 5.75 Å². The van der Waals surface area contributed by atoms with Crippen molar-refractivity contribution in [2.24, 2.45) is 0 Å². The lowest BCUT2D eigenvalue weighted by Gasteiger charge is -2.26. The molecule has 2 heterocycles. The van der Waals surface area contributed by atoms with E-state index in [1.165, 1.54) is 23.9 Å². The molecule has 1 aliphatic rings. The molecule has 0 bridgehead atoms. The molecule has 0 unspecified atom stereocenters. The number of amides is 1. The first-order chi connectivity index (χ1) is 15.7. The van der Waals surface area contributed by atoms with Gasteiger partial charge in [0.05, 0.1) is 5.75 Å². The molecule has 32 heavy (non-hydrogen) atoms. The molecule has 1 saturated heterocycles. The quantitative estimate of drug-likeness (QED) is 0.459. The summed E-state index contributed by atoms with van der Waals surface area (Å²) >= 11 is 1.46. The highest BCUT2D eigenvalue weighted by atomic mass is 32.2. The number of thioether (sulfide) groups is 1. The van der Waals surface area contributed by atoms with E-state index in [4.69, 9.17) is 0 Å². The fourth-order valence-electron chi connectivity index (χ4n) is 4.13. The fourth-order valence-corrected chi connectivity index (χ4v) is 4.99. The van der Waals surface area contributed by atoms with Crippen molar-refractivity contribution in [3.63, 3.8) is 0 Å². The van der Waals surface area contributed by atoms with Crippen molar-refractivity contribution in [2.45, 2.75) is 38.3 Å². The van der Waals surface area contributed by atoms with Gasteiger partial charge in [-0.25, -0.2) is 0 Å². The lowest BCUT2D eigenvalue weighted by Crippen LogP contribution is -2.36. The molecule has 6 nitrogen and oxygen atoms in total. The van der Waals surface area contributed by atoms with Gasteiger partial charge in [0.15, 0.2) is 11.0 Å². The molecular weight excluding hydrogens is 418 g/mol. The highest BCUT2D eigenvalue weighted by Crippen LogP contribution is 2.29. The van der Waals surface area contributed by atoms with E-state index in [0.717, 1.165) is 61.3 Å². The van der Waals surface area contributed by atoms with Crippen LogP contribution in [-0.4, -0.2) is 57.5 Å². The van der Waals surface area contributed by atoms with Gasteiger partial charge in [-0.1, -0.05) is 30.0 Å². The lowest BCUT2D eigenvalue weighted by molar-refractivity contribution is -0.129. The lowest BCUT2D eigenvalue weighted by atomic mass is 10.1. The van der Waals surface area contributed by atoms with E-state index in [9.17, 15) is 4.79 Å². The molecule has 0 saturated carbocycles. The minimum absolute atomic E-state index is 0.183. The molecule has 0 aliphatic carbocycles. The zero-order chi connectivity index (χ0) is 22.3. The van der Waals surface area contributed by atoms with Crippen LogP contribution < -0.4 is 4.90 Å². The van der Waals surface area contributed by atoms with Crippen molar-refractivity contribution in [3.8, 4) is 17.1 Å². The number of aromatic nitrogens is 3. The first-order valence-corrected chi connectivity index (χ1v) is 12.5. The molecule has 3 aromatic rings. The van der Waals surface area contributed by atoms with Crippen LogP contribution in [0.15, 0.2) is 59.8 Å². The standard InChI is InChI=1S/C25H31N5OS/c1-3-28(4-2)21-15-13-20(14-16-21)24-26-27-25(30(24)22-11-7-5-8-12-22)32-19-23(31)29-17-9-6-10-18-29/h5,7-8,11-16H,3-4,6,9-10,17-19H2,1-2H3. The number of carbonyl (C=O) groups excluding carboxylic acids is 1. The molecule has 7 heteroatoms. The molecular formula is C25H31N5OS. The van der Waals surface area contributed by atoms with Gasteiger partial charge < -0.3 is 9.80 Å². The van der Waals surface area contributed by atoms with Gasteiger partial charge in [0, 0.05) is 43.1 Å². The molecule has 0 spiro atoms. The molecule has 1 aromatic heterocycles. The highest BCUT2D eigenvalue weighted by molar-refractivity contribution is 7.99. The van der Waals surface area contributed by atoms with Crippen LogP contribution in [0.4, 0.5) is 5.69 Å². The smallest absolute Gasteiger partial charge is 0.233 e. The number of anilines is 1. The Balaban J connectivity index is 1.60. The average molecular weight is 450 g/mol. The Kier molecular flexibility index (Phi) is 7.47. The molecule has 0 N–H and O–H groups in total. The molecule has 0 radical (unpaired) electrons. The Hall–Kier alpha value is -2.80. The largest absolute Gasteiger partial charge is 0.372 e. The number of carbonyl (C=O) groups is 1. The Labute approximate surface area is 194 Å². The van der Waals surface area contributed by atoms with Gasteiger partial charge in [-0.05, 0) is 69.5 Å². The summed E-state index contributed by atoms with van der Waals surface area (Å²) in [5, 5.41) is 9.73. The van der Waals surface area contributed by atoms with Crippen LogP contribution >= 0.6 is 11.8 Å². The molecule has 4 rings (SSSR count). The Morgan fingerprint density at radius 3 is 2.28 bits per heavy atom. The average Bonchev–Trinajstić information content (AvgIpc) is 3.29. The first-order valence-electron chi connectivity index (χ1n) is 11.5. The Morgan fingerprint density at radius 1 is 0.938 bits per heavy atom. The van der Waals surface area contributed by atoms with Crippen LogP contribution in [0.5, 0.6) is 0 Å². The Bertz CT molecular complexity index is 1010. The number of rotatable bonds is 8. The van der Waals surface area contributed by atoms with Crippen LogP contribution in [0.3, 0.4) is 0 Å². The second kappa shape index (κ2) is 10.7. The number of piperidine rings is 1. The number of likely N-dealkylation sites (tertiary alicyclic amines) is 1. The van der Waals surface area contributed by atoms with E-state index in [2.05, 4.69) is 57.8 Å². The van der Waals surface area contributed by atoms with E-state index in [1.54, 1.807) is 0 Å². The van der Waals surface area contributed by atoms with Crippen molar-refractivity contribution in [3.05, 3.63) is 54.6 Å². The number of hydrogen-bond acceptors (Lipinski definition) is 5. The summed E-state index contributed by atoms with van der Waals surface area (Å²) in [6.07, 6.45) is 3.42. The zero-order valence-corrected chi connectivity index (χ0v) is 19.7. The van der Waals surface area contributed by atoms with Crippen molar-refractivity contribution in [2.75, 3.05) is 36.8 Å². The summed E-state index contributed by atoms with van der Waals surface area (Å²) < 4.78 is 2.06. The van der Waals surface area contributed by atoms with Crippen LogP contribution in [-0.2, 0) is 4.79 Å². The summed E-state index contributed by atoms with van der Waals surface area (Å²) in [5.74, 6) is 1.35. The van der Waals surface area contributed by atoms with E-state index < -0.39 is 0 Å². The van der Waals surface area contributed by atoms with Gasteiger partial charge in [-0.3, -0.25) is 9.36 Å². The third-order valence-corrected chi connectivity index (χ3v) is 6.85. The summed E-state index contributed by atoms with van der Waals surface area (Å²) in [6.45, 7) is 8.02. The normalized spacial score (nSPS) is 13.9. The molecule has 0 atom stereocenters. The summed E-state index contributed by atoms with van der Waals surface area (Å²) in [5.41, 5.74) is 3.20. The van der Waals surface area contributed by atoms with Crippen molar-refractivity contribution >= 4 is 23.4 Å². The second-order valence-electron chi connectivity index (χ2n) is 7.93. The van der Waals surface area contributed by atoms with Crippen molar-refractivity contribution < 1.29 is 4.79 Å². The SMILES string of the molecule is CCN(CC)c1ccc(-c2nnc(SCC(=O)N3CCCCC3)n2-c2ccccc2)cc1. The van der Waals surface area contributed by atoms with Crippen LogP contribution in [0.25, 0.3) is 17.1 Å². The van der Waals surface area contributed by atoms with Crippen molar-refractivity contribution in [1.82, 2.24) is 19.7 Å². The number of hydrogen-bond donors (Lipinski definition) is 0. The van der Waals surface area contributed by atoms with Gasteiger partial charge in [0.2, 0.25) is 5.91 Å². The van der Waals surface area contributed by atoms with E-state index in [-0.39, 0.29) is 5.91 Å². The summed E-state index contributed by atoms with van der Waals surface area (Å²) in [4.78, 5) is 17.0. The topological polar surface area (TPSA) is 54.3 Å². The van der Waals surface area contributed by atoms with E-state index in [1.807, 2.05) is 35.2 Å². The Morgan fingerprint density at radius 2 is 1.62 bits per heavy atom. The van der Waals surface area contributed by atoms with Crippen LogP contribution in [0, 0.1) is 0 Å². The minimum atomic E-state index is 0.183. The minimum Gasteiger partial charge on any atom is -0.372 e. The summed E-state index contributed by atoms with van der Waals surface area (Å²) in [6, 6.07) is 18.6. The molecule has 2 aromatic carbocycles. The van der Waals surface area contributed by atoms with Crippen molar-refractivity contribution in [1.29, 1.82) is 0 Å². The second-order valence-corrected chi connectivity index (χ2v) is 8.87. The molecule has 1 aliphatic heterocycles. The molecule has 1 fully saturated rings. The molecule has 1 amide bonds. The van der Waals surface area contributed by atoms with Crippen LogP contribution in [0.1, 0.15) is 33.1 Å². The predicted octanol–water partition coefficient (Wildman–Crippen LogP) is 4.89. The van der Waals surface area contributed by atoms with Crippen LogP contribution in [0.2, 0.25) is 0 Å². The van der Waals surface area contributed by atoms with Gasteiger partial charge in [-0.15, -0.1) is 10.2 Å². The summed E-state index contributed by atoms with van der Waals surface area (Å²) in [7, 11) is 0. The first kappa shape index (κ1) is 22.4. The number of para-hydroxylation sites is 1. The van der Waals surface area contributed by atoms with Gasteiger partial charge >= 0.3 is 0 Å². The predicted molar refractivity (Wildman–Crippen MR) is 132 cm³/mol. The van der Waals surface area contributed by atoms with Gasteiger partial charge in [-0.2, -0.15) is 0 Å². The maximum atomic E-state index is 12.7. The maximum absolute atomic E-state index is 12.7. The monoisotopic (exact) mass is 449 g/mol. The highest BCUT2D eigenvalue weighted by Gasteiger charge is 2.20.